The predicted octanol–water partition coefficient (Wildman–Crippen LogP) is 7.65. The molecule has 42 heavy (non-hydrogen) atoms. The Morgan fingerprint density at radius 3 is 2.45 bits per heavy atom. The van der Waals surface area contributed by atoms with Crippen LogP contribution in [0, 0.1) is 12.8 Å². The van der Waals surface area contributed by atoms with Crippen molar-refractivity contribution >= 4 is 22.7 Å². The molecule has 0 spiro atoms. The van der Waals surface area contributed by atoms with Gasteiger partial charge in [-0.25, -0.2) is 4.79 Å². The molecule has 8 nitrogen and oxygen atoms in total. The molecule has 1 N–H and O–H groups in total. The van der Waals surface area contributed by atoms with Crippen molar-refractivity contribution < 1.29 is 19.0 Å². The number of ether oxygens (including phenoxy) is 3. The molecule has 220 valence electrons. The number of hydrogen-bond acceptors (Lipinski definition) is 5. The number of nitrogens with zero attached hydrogens (tertiary/aromatic N) is 3. The van der Waals surface area contributed by atoms with E-state index < -0.39 is 6.09 Å². The lowest BCUT2D eigenvalue weighted by Crippen LogP contribution is -2.25. The van der Waals surface area contributed by atoms with Crippen LogP contribution in [0.2, 0.25) is 0 Å². The molecule has 3 fully saturated rings. The molecule has 4 aromatic rings. The molecule has 3 heterocycles. The summed E-state index contributed by atoms with van der Waals surface area (Å²) in [5, 5.41) is 9.03. The number of carbonyl (C=O) groups is 1. The van der Waals surface area contributed by atoms with Crippen LogP contribution >= 0.6 is 0 Å². The van der Waals surface area contributed by atoms with Gasteiger partial charge in [-0.05, 0) is 87.3 Å². The van der Waals surface area contributed by atoms with Gasteiger partial charge in [0.05, 0.1) is 30.1 Å². The maximum atomic E-state index is 12.5. The first-order chi connectivity index (χ1) is 20.4. The normalized spacial score (nSPS) is 18.5. The first kappa shape index (κ1) is 27.1. The summed E-state index contributed by atoms with van der Waals surface area (Å²) in [5.41, 5.74) is 7.44. The Kier molecular flexibility index (Phi) is 7.18. The van der Waals surface area contributed by atoms with Crippen LogP contribution in [0.3, 0.4) is 0 Å². The van der Waals surface area contributed by atoms with Crippen LogP contribution in [-0.4, -0.2) is 45.9 Å². The molecule has 2 saturated carbocycles. The van der Waals surface area contributed by atoms with Crippen molar-refractivity contribution in [3.8, 4) is 28.3 Å². The first-order valence-electron chi connectivity index (χ1n) is 15.5. The molecule has 1 saturated heterocycles. The summed E-state index contributed by atoms with van der Waals surface area (Å²) in [6.07, 6.45) is 9.44. The van der Waals surface area contributed by atoms with Crippen molar-refractivity contribution in [1.82, 2.24) is 14.3 Å². The molecule has 0 radical (unpaired) electrons. The van der Waals surface area contributed by atoms with E-state index in [1.165, 1.54) is 17.3 Å². The Morgan fingerprint density at radius 1 is 1.05 bits per heavy atom. The molecule has 2 aromatic heterocycles. The van der Waals surface area contributed by atoms with E-state index in [1.54, 1.807) is 0 Å². The van der Waals surface area contributed by atoms with Crippen molar-refractivity contribution in [3.63, 3.8) is 0 Å². The third-order valence-electron chi connectivity index (χ3n) is 9.12. The quantitative estimate of drug-likeness (QED) is 0.236. The lowest BCUT2D eigenvalue weighted by molar-refractivity contribution is 0.0256. The highest BCUT2D eigenvalue weighted by molar-refractivity contribution is 6.05. The number of carbonyl (C=O) groups excluding carboxylic acids is 1. The molecular formula is C34H40N4O4. The maximum absolute atomic E-state index is 12.5. The zero-order valence-electron chi connectivity index (χ0n) is 24.8. The lowest BCUT2D eigenvalue weighted by atomic mass is 9.92. The van der Waals surface area contributed by atoms with Gasteiger partial charge in [-0.3, -0.25) is 10.00 Å². The van der Waals surface area contributed by atoms with E-state index in [0.29, 0.717) is 12.0 Å². The number of nitrogens with one attached hydrogen (secondary N) is 1. The molecule has 3 aliphatic rings. The van der Waals surface area contributed by atoms with Crippen LogP contribution in [-0.2, 0) is 16.5 Å². The van der Waals surface area contributed by atoms with Crippen molar-refractivity contribution in [2.24, 2.45) is 13.0 Å². The van der Waals surface area contributed by atoms with Crippen LogP contribution in [0.15, 0.2) is 48.7 Å². The van der Waals surface area contributed by atoms with Gasteiger partial charge in [0.1, 0.15) is 18.0 Å². The topological polar surface area (TPSA) is 79.5 Å². The van der Waals surface area contributed by atoms with Gasteiger partial charge in [0.15, 0.2) is 0 Å². The van der Waals surface area contributed by atoms with Gasteiger partial charge in [-0.1, -0.05) is 12.1 Å². The SMILES string of the molecule is Cc1cn(C)nc1-c1c(-c2ccc(NC(=O)OC(C)C3CC3)cc2)n(C2CCC2)c2cc(OC3CCOCC3)ccc12. The van der Waals surface area contributed by atoms with E-state index in [9.17, 15) is 4.79 Å². The predicted molar refractivity (Wildman–Crippen MR) is 164 cm³/mol. The van der Waals surface area contributed by atoms with E-state index in [4.69, 9.17) is 19.3 Å². The third kappa shape index (κ3) is 5.28. The average Bonchev–Trinajstić information content (AvgIpc) is 3.69. The molecular weight excluding hydrogens is 528 g/mol. The minimum atomic E-state index is -0.396. The van der Waals surface area contributed by atoms with Crippen molar-refractivity contribution in [2.45, 2.75) is 77.0 Å². The second kappa shape index (κ2) is 11.1. The number of aromatic nitrogens is 3. The molecule has 1 amide bonds. The van der Waals surface area contributed by atoms with E-state index in [1.807, 2.05) is 30.8 Å². The monoisotopic (exact) mass is 568 g/mol. The lowest BCUT2D eigenvalue weighted by Gasteiger charge is -2.30. The van der Waals surface area contributed by atoms with Crippen LogP contribution in [0.1, 0.15) is 63.5 Å². The number of hydrogen-bond donors (Lipinski definition) is 1. The van der Waals surface area contributed by atoms with Gasteiger partial charge in [-0.15, -0.1) is 0 Å². The summed E-state index contributed by atoms with van der Waals surface area (Å²) in [5.74, 6) is 1.41. The molecule has 0 bridgehead atoms. The Bertz CT molecular complexity index is 1590. The molecule has 2 aliphatic carbocycles. The smallest absolute Gasteiger partial charge is 0.411 e. The Hall–Kier alpha value is -3.78. The van der Waals surface area contributed by atoms with Crippen LogP contribution in [0.4, 0.5) is 10.5 Å². The Labute approximate surface area is 246 Å². The summed E-state index contributed by atoms with van der Waals surface area (Å²) in [6.45, 7) is 5.60. The number of anilines is 1. The Balaban J connectivity index is 1.30. The average molecular weight is 569 g/mol. The number of aryl methyl sites for hydroxylation is 2. The van der Waals surface area contributed by atoms with Gasteiger partial charge in [0, 0.05) is 54.8 Å². The Morgan fingerprint density at radius 2 is 1.81 bits per heavy atom. The highest BCUT2D eigenvalue weighted by Crippen LogP contribution is 2.48. The molecule has 7 rings (SSSR count). The molecule has 8 heteroatoms. The number of fused-ring (bicyclic) bond motifs is 1. The zero-order valence-corrected chi connectivity index (χ0v) is 24.8. The summed E-state index contributed by atoms with van der Waals surface area (Å²) in [4.78, 5) is 12.5. The van der Waals surface area contributed by atoms with Crippen LogP contribution < -0.4 is 10.1 Å². The number of benzene rings is 2. The van der Waals surface area contributed by atoms with E-state index in [-0.39, 0.29) is 12.2 Å². The van der Waals surface area contributed by atoms with E-state index >= 15 is 0 Å². The fourth-order valence-corrected chi connectivity index (χ4v) is 6.44. The van der Waals surface area contributed by atoms with Crippen molar-refractivity contribution in [1.29, 1.82) is 0 Å². The highest BCUT2D eigenvalue weighted by atomic mass is 16.6. The van der Waals surface area contributed by atoms with Gasteiger partial charge in [0.2, 0.25) is 0 Å². The van der Waals surface area contributed by atoms with Crippen LogP contribution in [0.25, 0.3) is 33.4 Å². The second-order valence-corrected chi connectivity index (χ2v) is 12.3. The summed E-state index contributed by atoms with van der Waals surface area (Å²) in [7, 11) is 1.98. The third-order valence-corrected chi connectivity index (χ3v) is 9.12. The van der Waals surface area contributed by atoms with Gasteiger partial charge < -0.3 is 18.8 Å². The first-order valence-corrected chi connectivity index (χ1v) is 15.5. The van der Waals surface area contributed by atoms with Crippen molar-refractivity contribution in [2.75, 3.05) is 18.5 Å². The molecule has 2 aromatic carbocycles. The summed E-state index contributed by atoms with van der Waals surface area (Å²) < 4.78 is 22.0. The fraction of sp³-hybridized carbons (Fsp3) is 0.471. The minimum Gasteiger partial charge on any atom is -0.490 e. The largest absolute Gasteiger partial charge is 0.490 e. The minimum absolute atomic E-state index is 0.0491. The number of amides is 1. The van der Waals surface area contributed by atoms with Gasteiger partial charge >= 0.3 is 6.09 Å². The van der Waals surface area contributed by atoms with Crippen molar-refractivity contribution in [3.05, 3.63) is 54.2 Å². The van der Waals surface area contributed by atoms with E-state index in [2.05, 4.69) is 53.3 Å². The van der Waals surface area contributed by atoms with Gasteiger partial charge in [-0.2, -0.15) is 5.10 Å². The van der Waals surface area contributed by atoms with Gasteiger partial charge in [0.25, 0.3) is 0 Å². The fourth-order valence-electron chi connectivity index (χ4n) is 6.44. The maximum Gasteiger partial charge on any atom is 0.411 e. The molecule has 1 unspecified atom stereocenters. The standard InChI is InChI=1S/C34H40N4O4/c1-21-20-37(3)36-32(21)31-29-14-13-28(42-27-15-17-40-18-16-27)19-30(29)38(26-5-4-6-26)33(31)24-9-11-25(12-10-24)35-34(39)41-22(2)23-7-8-23/h9-14,19-20,22-23,26-27H,4-8,15-18H2,1-3H3,(H,35,39). The highest BCUT2D eigenvalue weighted by Gasteiger charge is 2.32. The second-order valence-electron chi connectivity index (χ2n) is 12.3. The molecule has 1 atom stereocenters. The van der Waals surface area contributed by atoms with Crippen LogP contribution in [0.5, 0.6) is 5.75 Å². The zero-order chi connectivity index (χ0) is 28.8. The summed E-state index contributed by atoms with van der Waals surface area (Å²) >= 11 is 0. The number of rotatable bonds is 8. The molecule has 1 aliphatic heterocycles. The summed E-state index contributed by atoms with van der Waals surface area (Å²) in [6, 6.07) is 15.1. The van der Waals surface area contributed by atoms with E-state index in [0.717, 1.165) is 91.3 Å².